The Morgan fingerprint density at radius 3 is 2.86 bits per heavy atom. The fourth-order valence-corrected chi connectivity index (χ4v) is 4.74. The van der Waals surface area contributed by atoms with Crippen LogP contribution in [0.2, 0.25) is 0 Å². The fourth-order valence-electron chi connectivity index (χ4n) is 4.74. The minimum atomic E-state index is 0.204. The van der Waals surface area contributed by atoms with Crippen molar-refractivity contribution in [2.24, 2.45) is 0 Å². The second kappa shape index (κ2) is 7.18. The third-order valence-electron chi connectivity index (χ3n) is 6.09. The number of aryl methyl sites for hydroxylation is 3. The van der Waals surface area contributed by atoms with E-state index in [4.69, 9.17) is 4.74 Å². The average molecular weight is 377 g/mol. The van der Waals surface area contributed by atoms with Crippen molar-refractivity contribution in [3.63, 3.8) is 0 Å². The Bertz CT molecular complexity index is 992. The summed E-state index contributed by atoms with van der Waals surface area (Å²) in [6, 6.07) is 9.64. The lowest BCUT2D eigenvalue weighted by Gasteiger charge is -2.43. The van der Waals surface area contributed by atoms with Gasteiger partial charge in [0.15, 0.2) is 0 Å². The van der Waals surface area contributed by atoms with Gasteiger partial charge in [0.1, 0.15) is 17.8 Å². The number of anilines is 1. The van der Waals surface area contributed by atoms with Gasteiger partial charge in [-0.1, -0.05) is 23.8 Å². The molecule has 0 radical (unpaired) electrons. The molecule has 0 bridgehead atoms. The van der Waals surface area contributed by atoms with Gasteiger partial charge in [-0.3, -0.25) is 4.90 Å². The summed E-state index contributed by atoms with van der Waals surface area (Å²) in [5.74, 6) is 0.908. The summed E-state index contributed by atoms with van der Waals surface area (Å²) in [6.07, 6.45) is 3.91. The summed E-state index contributed by atoms with van der Waals surface area (Å²) in [6.45, 7) is 7.85. The first-order chi connectivity index (χ1) is 13.7. The summed E-state index contributed by atoms with van der Waals surface area (Å²) in [5.41, 5.74) is 6.17. The van der Waals surface area contributed by atoms with Crippen LogP contribution in [-0.2, 0) is 11.2 Å². The van der Waals surface area contributed by atoms with Crippen molar-refractivity contribution in [1.29, 1.82) is 0 Å². The Morgan fingerprint density at radius 1 is 1.14 bits per heavy atom. The van der Waals surface area contributed by atoms with Crippen LogP contribution in [0.1, 0.15) is 34.8 Å². The van der Waals surface area contributed by atoms with E-state index in [1.54, 1.807) is 6.33 Å². The number of rotatable bonds is 3. The number of benzene rings is 1. The van der Waals surface area contributed by atoms with Crippen molar-refractivity contribution in [2.75, 3.05) is 31.6 Å². The topological polar surface area (TPSA) is 66.1 Å². The molecule has 0 spiro atoms. The predicted molar refractivity (Wildman–Crippen MR) is 111 cm³/mol. The molecule has 146 valence electrons. The van der Waals surface area contributed by atoms with Crippen molar-refractivity contribution in [2.45, 2.75) is 38.8 Å². The third kappa shape index (κ3) is 3.16. The minimum absolute atomic E-state index is 0.204. The van der Waals surface area contributed by atoms with E-state index in [-0.39, 0.29) is 6.04 Å². The number of aromatic nitrogens is 3. The molecule has 6 heteroatoms. The number of nitrogens with one attached hydrogen (secondary N) is 2. The molecule has 2 N–H and O–H groups in total. The van der Waals surface area contributed by atoms with Crippen LogP contribution in [-0.4, -0.2) is 52.2 Å². The number of aromatic amines is 1. The monoisotopic (exact) mass is 377 g/mol. The first-order valence-electron chi connectivity index (χ1n) is 10.2. The van der Waals surface area contributed by atoms with Gasteiger partial charge in [-0.05, 0) is 43.9 Å². The molecule has 1 aliphatic carbocycles. The van der Waals surface area contributed by atoms with Gasteiger partial charge < -0.3 is 15.0 Å². The third-order valence-corrected chi connectivity index (χ3v) is 6.09. The predicted octanol–water partition coefficient (Wildman–Crippen LogP) is 3.37. The second-order valence-electron chi connectivity index (χ2n) is 8.02. The van der Waals surface area contributed by atoms with Crippen LogP contribution in [0, 0.1) is 13.8 Å². The molecule has 3 aromatic rings. The molecule has 28 heavy (non-hydrogen) atoms. The van der Waals surface area contributed by atoms with E-state index in [1.165, 1.54) is 16.7 Å². The lowest BCUT2D eigenvalue weighted by atomic mass is 9.82. The number of hydrogen-bond donors (Lipinski definition) is 2. The zero-order valence-electron chi connectivity index (χ0n) is 16.5. The van der Waals surface area contributed by atoms with Gasteiger partial charge >= 0.3 is 0 Å². The standard InChI is InChI=1S/C22H27N5O/c1-14-3-5-17-16(11-14)4-6-19(27-7-9-28-10-8-27)20(17)26-22-18-12-15(2)25-21(18)23-13-24-22/h3,5,11-13,19-20H,4,6-10H2,1-2H3,(H2,23,24,25,26)/t19-,20-/m1/s1. The molecule has 1 aliphatic heterocycles. The summed E-state index contributed by atoms with van der Waals surface area (Å²) in [7, 11) is 0. The normalized spacial score (nSPS) is 22.9. The zero-order chi connectivity index (χ0) is 19.1. The maximum atomic E-state index is 5.60. The van der Waals surface area contributed by atoms with Crippen LogP contribution >= 0.6 is 0 Å². The van der Waals surface area contributed by atoms with Crippen LogP contribution in [0.25, 0.3) is 11.0 Å². The van der Waals surface area contributed by atoms with Gasteiger partial charge in [-0.25, -0.2) is 9.97 Å². The van der Waals surface area contributed by atoms with Crippen LogP contribution in [0.3, 0.4) is 0 Å². The first-order valence-corrected chi connectivity index (χ1v) is 10.2. The molecule has 0 amide bonds. The lowest BCUT2D eigenvalue weighted by Crippen LogP contribution is -2.49. The minimum Gasteiger partial charge on any atom is -0.379 e. The molecule has 1 fully saturated rings. The van der Waals surface area contributed by atoms with Crippen LogP contribution in [0.5, 0.6) is 0 Å². The Kier molecular flexibility index (Phi) is 4.53. The molecule has 1 saturated heterocycles. The zero-order valence-corrected chi connectivity index (χ0v) is 16.5. The van der Waals surface area contributed by atoms with Gasteiger partial charge in [0.2, 0.25) is 0 Å². The molecular weight excluding hydrogens is 350 g/mol. The highest BCUT2D eigenvalue weighted by atomic mass is 16.5. The molecule has 1 aromatic carbocycles. The Hall–Kier alpha value is -2.44. The van der Waals surface area contributed by atoms with Gasteiger partial charge in [0.05, 0.1) is 24.6 Å². The summed E-state index contributed by atoms with van der Waals surface area (Å²) >= 11 is 0. The molecule has 3 heterocycles. The Balaban J connectivity index is 1.55. The second-order valence-corrected chi connectivity index (χ2v) is 8.02. The Labute approximate surface area is 165 Å². The molecule has 2 aliphatic rings. The number of H-pyrrole nitrogens is 1. The Morgan fingerprint density at radius 2 is 2.00 bits per heavy atom. The fraction of sp³-hybridized carbons (Fsp3) is 0.455. The average Bonchev–Trinajstić information content (AvgIpc) is 3.10. The van der Waals surface area contributed by atoms with Gasteiger partial charge in [-0.15, -0.1) is 0 Å². The van der Waals surface area contributed by atoms with Gasteiger partial charge in [0, 0.05) is 24.8 Å². The van der Waals surface area contributed by atoms with E-state index in [9.17, 15) is 0 Å². The van der Waals surface area contributed by atoms with Crippen molar-refractivity contribution in [3.8, 4) is 0 Å². The van der Waals surface area contributed by atoms with E-state index in [0.717, 1.165) is 61.7 Å². The van der Waals surface area contributed by atoms with Gasteiger partial charge in [-0.2, -0.15) is 0 Å². The summed E-state index contributed by atoms with van der Waals surface area (Å²) < 4.78 is 5.60. The lowest BCUT2D eigenvalue weighted by molar-refractivity contribution is 0.00895. The van der Waals surface area contributed by atoms with Crippen LogP contribution in [0.4, 0.5) is 5.82 Å². The molecule has 2 atom stereocenters. The molecule has 5 rings (SSSR count). The molecule has 6 nitrogen and oxygen atoms in total. The highest BCUT2D eigenvalue weighted by molar-refractivity contribution is 5.87. The SMILES string of the molecule is Cc1ccc2c(c1)CC[C@@H](N1CCOCC1)[C@@H]2Nc1ncnc2[nH]c(C)cc12. The highest BCUT2D eigenvalue weighted by Crippen LogP contribution is 2.37. The maximum Gasteiger partial charge on any atom is 0.143 e. The van der Waals surface area contributed by atoms with E-state index in [2.05, 4.69) is 63.3 Å². The first kappa shape index (κ1) is 17.6. The van der Waals surface area contributed by atoms with Crippen molar-refractivity contribution in [3.05, 3.63) is 53.0 Å². The van der Waals surface area contributed by atoms with E-state index in [1.807, 2.05) is 0 Å². The van der Waals surface area contributed by atoms with E-state index in [0.29, 0.717) is 6.04 Å². The smallest absolute Gasteiger partial charge is 0.143 e. The van der Waals surface area contributed by atoms with Crippen LogP contribution < -0.4 is 5.32 Å². The van der Waals surface area contributed by atoms with Crippen molar-refractivity contribution >= 4 is 16.9 Å². The molecular formula is C22H27N5O. The van der Waals surface area contributed by atoms with Crippen molar-refractivity contribution < 1.29 is 4.74 Å². The van der Waals surface area contributed by atoms with E-state index < -0.39 is 0 Å². The van der Waals surface area contributed by atoms with E-state index >= 15 is 0 Å². The summed E-state index contributed by atoms with van der Waals surface area (Å²) in [5, 5.41) is 4.86. The van der Waals surface area contributed by atoms with Gasteiger partial charge in [0.25, 0.3) is 0 Å². The number of nitrogens with zero attached hydrogens (tertiary/aromatic N) is 3. The van der Waals surface area contributed by atoms with Crippen LogP contribution in [0.15, 0.2) is 30.6 Å². The molecule has 0 saturated carbocycles. The molecule has 0 unspecified atom stereocenters. The molecule has 2 aromatic heterocycles. The summed E-state index contributed by atoms with van der Waals surface area (Å²) in [4.78, 5) is 14.9. The van der Waals surface area contributed by atoms with Crippen molar-refractivity contribution in [1.82, 2.24) is 19.9 Å². The number of fused-ring (bicyclic) bond motifs is 2. The number of hydrogen-bond acceptors (Lipinski definition) is 5. The number of ether oxygens (including phenoxy) is 1. The quantitative estimate of drug-likeness (QED) is 0.733. The number of morpholine rings is 1. The maximum absolute atomic E-state index is 5.60. The largest absolute Gasteiger partial charge is 0.379 e. The highest BCUT2D eigenvalue weighted by Gasteiger charge is 2.35.